The summed E-state index contributed by atoms with van der Waals surface area (Å²) < 4.78 is 0. The molecule has 84 valence electrons. The number of benzene rings is 1. The SMILES string of the molecule is CCC(C)NC1=NC=Cc2ccccc2C1. The monoisotopic (exact) mass is 214 g/mol. The Morgan fingerprint density at radius 1 is 1.38 bits per heavy atom. The maximum Gasteiger partial charge on any atom is 0.106 e. The van der Waals surface area contributed by atoms with Crippen LogP contribution < -0.4 is 5.32 Å². The van der Waals surface area contributed by atoms with Crippen molar-refractivity contribution in [3.8, 4) is 0 Å². The van der Waals surface area contributed by atoms with E-state index < -0.39 is 0 Å². The number of fused-ring (bicyclic) bond motifs is 1. The second kappa shape index (κ2) is 4.97. The molecule has 1 aromatic rings. The summed E-state index contributed by atoms with van der Waals surface area (Å²) in [5, 5.41) is 3.45. The van der Waals surface area contributed by atoms with Crippen LogP contribution in [0.4, 0.5) is 0 Å². The minimum absolute atomic E-state index is 0.484. The Bertz CT molecular complexity index is 418. The largest absolute Gasteiger partial charge is 0.371 e. The van der Waals surface area contributed by atoms with Crippen LogP contribution in [0.25, 0.3) is 6.08 Å². The number of hydrogen-bond acceptors (Lipinski definition) is 2. The Hall–Kier alpha value is -1.57. The summed E-state index contributed by atoms with van der Waals surface area (Å²) >= 11 is 0. The molecule has 1 aliphatic heterocycles. The zero-order chi connectivity index (χ0) is 11.4. The zero-order valence-electron chi connectivity index (χ0n) is 9.90. The Morgan fingerprint density at radius 3 is 3.00 bits per heavy atom. The van der Waals surface area contributed by atoms with E-state index in [-0.39, 0.29) is 0 Å². The van der Waals surface area contributed by atoms with E-state index in [0.717, 1.165) is 18.7 Å². The van der Waals surface area contributed by atoms with E-state index >= 15 is 0 Å². The molecule has 0 aromatic heterocycles. The molecule has 1 N–H and O–H groups in total. The highest BCUT2D eigenvalue weighted by Crippen LogP contribution is 2.14. The lowest BCUT2D eigenvalue weighted by atomic mass is 10.0. The van der Waals surface area contributed by atoms with Gasteiger partial charge in [0.1, 0.15) is 5.84 Å². The van der Waals surface area contributed by atoms with Gasteiger partial charge >= 0.3 is 0 Å². The molecule has 1 heterocycles. The molecular weight excluding hydrogens is 196 g/mol. The van der Waals surface area contributed by atoms with Crippen LogP contribution in [0.15, 0.2) is 35.5 Å². The molecule has 0 aliphatic carbocycles. The summed E-state index contributed by atoms with van der Waals surface area (Å²) in [6.45, 7) is 4.36. The predicted octanol–water partition coefficient (Wildman–Crippen LogP) is 3.00. The minimum atomic E-state index is 0.484. The van der Waals surface area contributed by atoms with Crippen molar-refractivity contribution in [2.75, 3.05) is 0 Å². The lowest BCUT2D eigenvalue weighted by molar-refractivity contribution is 0.637. The van der Waals surface area contributed by atoms with E-state index in [0.29, 0.717) is 6.04 Å². The van der Waals surface area contributed by atoms with E-state index in [1.165, 1.54) is 11.1 Å². The molecule has 2 nitrogen and oxygen atoms in total. The van der Waals surface area contributed by atoms with Crippen LogP contribution in [0.3, 0.4) is 0 Å². The van der Waals surface area contributed by atoms with Crippen LogP contribution >= 0.6 is 0 Å². The highest BCUT2D eigenvalue weighted by Gasteiger charge is 2.08. The third-order valence-corrected chi connectivity index (χ3v) is 2.92. The maximum atomic E-state index is 4.45. The topological polar surface area (TPSA) is 24.4 Å². The van der Waals surface area contributed by atoms with Gasteiger partial charge in [-0.25, -0.2) is 4.99 Å². The summed E-state index contributed by atoms with van der Waals surface area (Å²) in [4.78, 5) is 4.45. The highest BCUT2D eigenvalue weighted by molar-refractivity contribution is 5.87. The van der Waals surface area contributed by atoms with E-state index in [1.54, 1.807) is 0 Å². The first-order valence-corrected chi connectivity index (χ1v) is 5.87. The maximum absolute atomic E-state index is 4.45. The Morgan fingerprint density at radius 2 is 2.19 bits per heavy atom. The molecule has 0 bridgehead atoms. The normalized spacial score (nSPS) is 16.0. The van der Waals surface area contributed by atoms with Crippen LogP contribution in [0.2, 0.25) is 0 Å². The smallest absolute Gasteiger partial charge is 0.106 e. The first kappa shape index (κ1) is 10.9. The van der Waals surface area contributed by atoms with Crippen molar-refractivity contribution in [2.24, 2.45) is 4.99 Å². The zero-order valence-corrected chi connectivity index (χ0v) is 9.90. The predicted molar refractivity (Wildman–Crippen MR) is 69.5 cm³/mol. The van der Waals surface area contributed by atoms with Gasteiger partial charge in [0.25, 0.3) is 0 Å². The molecule has 0 saturated heterocycles. The molecule has 1 unspecified atom stereocenters. The molecule has 0 radical (unpaired) electrons. The number of amidine groups is 1. The van der Waals surface area contributed by atoms with Gasteiger partial charge in [-0.2, -0.15) is 0 Å². The third-order valence-electron chi connectivity index (χ3n) is 2.92. The molecule has 0 spiro atoms. The Balaban J connectivity index is 2.16. The number of nitrogens with one attached hydrogen (secondary N) is 1. The van der Waals surface area contributed by atoms with Crippen molar-refractivity contribution in [2.45, 2.75) is 32.7 Å². The second-order valence-corrected chi connectivity index (χ2v) is 4.22. The number of aliphatic imine (C=N–C) groups is 1. The fraction of sp³-hybridized carbons (Fsp3) is 0.357. The van der Waals surface area contributed by atoms with E-state index in [1.807, 2.05) is 6.20 Å². The first-order valence-electron chi connectivity index (χ1n) is 5.87. The van der Waals surface area contributed by atoms with Gasteiger partial charge in [-0.05, 0) is 30.5 Å². The molecule has 1 aliphatic rings. The molecule has 0 fully saturated rings. The van der Waals surface area contributed by atoms with Crippen molar-refractivity contribution in [3.63, 3.8) is 0 Å². The van der Waals surface area contributed by atoms with Gasteiger partial charge < -0.3 is 5.32 Å². The van der Waals surface area contributed by atoms with Gasteiger partial charge in [0.05, 0.1) is 0 Å². The average Bonchev–Trinajstić information content (AvgIpc) is 2.50. The Kier molecular flexibility index (Phi) is 3.40. The molecular formula is C14H18N2. The van der Waals surface area contributed by atoms with E-state index in [2.05, 4.69) is 54.5 Å². The van der Waals surface area contributed by atoms with Crippen LogP contribution in [-0.2, 0) is 6.42 Å². The van der Waals surface area contributed by atoms with Crippen molar-refractivity contribution >= 4 is 11.9 Å². The van der Waals surface area contributed by atoms with Gasteiger partial charge in [0.15, 0.2) is 0 Å². The molecule has 1 atom stereocenters. The lowest BCUT2D eigenvalue weighted by Gasteiger charge is -2.14. The highest BCUT2D eigenvalue weighted by atomic mass is 15.0. The molecule has 0 amide bonds. The van der Waals surface area contributed by atoms with Crippen LogP contribution in [0.1, 0.15) is 31.4 Å². The van der Waals surface area contributed by atoms with E-state index in [4.69, 9.17) is 0 Å². The van der Waals surface area contributed by atoms with Gasteiger partial charge in [-0.1, -0.05) is 31.2 Å². The van der Waals surface area contributed by atoms with Crippen molar-refractivity contribution < 1.29 is 0 Å². The molecule has 2 heteroatoms. The summed E-state index contributed by atoms with van der Waals surface area (Å²) in [5.74, 6) is 1.07. The average molecular weight is 214 g/mol. The quantitative estimate of drug-likeness (QED) is 0.804. The summed E-state index contributed by atoms with van der Waals surface area (Å²) in [5.41, 5.74) is 2.61. The second-order valence-electron chi connectivity index (χ2n) is 4.22. The van der Waals surface area contributed by atoms with Gasteiger partial charge in [0, 0.05) is 18.7 Å². The van der Waals surface area contributed by atoms with Crippen LogP contribution in [0.5, 0.6) is 0 Å². The van der Waals surface area contributed by atoms with Crippen molar-refractivity contribution in [1.82, 2.24) is 5.32 Å². The van der Waals surface area contributed by atoms with Crippen molar-refractivity contribution in [3.05, 3.63) is 41.6 Å². The third kappa shape index (κ3) is 2.51. The van der Waals surface area contributed by atoms with Crippen molar-refractivity contribution in [1.29, 1.82) is 0 Å². The lowest BCUT2D eigenvalue weighted by Crippen LogP contribution is -2.33. The minimum Gasteiger partial charge on any atom is -0.371 e. The summed E-state index contributed by atoms with van der Waals surface area (Å²) in [6.07, 6.45) is 5.97. The number of rotatable bonds is 2. The summed E-state index contributed by atoms with van der Waals surface area (Å²) in [7, 11) is 0. The van der Waals surface area contributed by atoms with Crippen LogP contribution in [-0.4, -0.2) is 11.9 Å². The molecule has 1 aromatic carbocycles. The fourth-order valence-corrected chi connectivity index (χ4v) is 1.77. The van der Waals surface area contributed by atoms with Crippen LogP contribution in [0, 0.1) is 0 Å². The Labute approximate surface area is 97.1 Å². The molecule has 16 heavy (non-hydrogen) atoms. The molecule has 0 saturated carbocycles. The number of hydrogen-bond donors (Lipinski definition) is 1. The molecule has 2 rings (SSSR count). The fourth-order valence-electron chi connectivity index (χ4n) is 1.77. The first-order chi connectivity index (χ1) is 7.79. The number of nitrogens with zero attached hydrogens (tertiary/aromatic N) is 1. The van der Waals surface area contributed by atoms with Gasteiger partial charge in [0.2, 0.25) is 0 Å². The standard InChI is InChI=1S/C14H18N2/c1-3-11(2)16-14-10-13-7-5-4-6-12(13)8-9-15-14/h4-9,11H,3,10H2,1-2H3,(H,15,16). The van der Waals surface area contributed by atoms with Gasteiger partial charge in [-0.3, -0.25) is 0 Å². The van der Waals surface area contributed by atoms with E-state index in [9.17, 15) is 0 Å². The summed E-state index contributed by atoms with van der Waals surface area (Å²) in [6, 6.07) is 8.93. The van der Waals surface area contributed by atoms with Gasteiger partial charge in [-0.15, -0.1) is 0 Å².